The molecular formula is C11H20N2. The summed E-state index contributed by atoms with van der Waals surface area (Å²) in [5.74, 6) is 0.939. The van der Waals surface area contributed by atoms with Crippen molar-refractivity contribution in [1.82, 2.24) is 5.43 Å². The molecule has 2 rings (SSSR count). The molecule has 13 heavy (non-hydrogen) atoms. The van der Waals surface area contributed by atoms with Crippen molar-refractivity contribution in [1.29, 1.82) is 0 Å². The zero-order valence-electron chi connectivity index (χ0n) is 8.55. The van der Waals surface area contributed by atoms with Gasteiger partial charge in [-0.2, -0.15) is 5.10 Å². The first-order valence-electron chi connectivity index (χ1n) is 5.65. The van der Waals surface area contributed by atoms with E-state index in [-0.39, 0.29) is 0 Å². The van der Waals surface area contributed by atoms with E-state index in [1.165, 1.54) is 50.7 Å². The highest BCUT2D eigenvalue weighted by molar-refractivity contribution is 5.88. The van der Waals surface area contributed by atoms with Crippen molar-refractivity contribution < 1.29 is 0 Å². The van der Waals surface area contributed by atoms with Gasteiger partial charge in [-0.05, 0) is 50.9 Å². The molecule has 0 unspecified atom stereocenters. The minimum Gasteiger partial charge on any atom is -0.307 e. The molecule has 1 N–H and O–H groups in total. The molecule has 0 spiro atoms. The van der Waals surface area contributed by atoms with Crippen LogP contribution in [0.5, 0.6) is 0 Å². The van der Waals surface area contributed by atoms with Crippen molar-refractivity contribution in [2.75, 3.05) is 0 Å². The number of nitrogens with zero attached hydrogens (tertiary/aromatic N) is 1. The molecule has 0 aromatic heterocycles. The highest BCUT2D eigenvalue weighted by atomic mass is 15.3. The van der Waals surface area contributed by atoms with Gasteiger partial charge in [0.25, 0.3) is 0 Å². The predicted molar refractivity (Wildman–Crippen MR) is 55.8 cm³/mol. The third-order valence-electron chi connectivity index (χ3n) is 3.35. The van der Waals surface area contributed by atoms with Crippen LogP contribution in [0.3, 0.4) is 0 Å². The molecule has 0 radical (unpaired) electrons. The first kappa shape index (κ1) is 9.04. The molecular weight excluding hydrogens is 160 g/mol. The Labute approximate surface area is 80.8 Å². The number of rotatable bonds is 2. The Morgan fingerprint density at radius 3 is 2.38 bits per heavy atom. The molecule has 2 fully saturated rings. The molecule has 0 aliphatic heterocycles. The van der Waals surface area contributed by atoms with Gasteiger partial charge in [0.1, 0.15) is 0 Å². The molecule has 0 amide bonds. The summed E-state index contributed by atoms with van der Waals surface area (Å²) < 4.78 is 0. The normalized spacial score (nSPS) is 33.8. The summed E-state index contributed by atoms with van der Waals surface area (Å²) in [6.07, 6.45) is 9.20. The second-order valence-electron chi connectivity index (χ2n) is 4.62. The number of hydrazone groups is 1. The third kappa shape index (κ3) is 2.45. The minimum atomic E-state index is 0.671. The Balaban J connectivity index is 1.70. The van der Waals surface area contributed by atoms with E-state index in [9.17, 15) is 0 Å². The van der Waals surface area contributed by atoms with Crippen LogP contribution < -0.4 is 5.43 Å². The predicted octanol–water partition coefficient (Wildman–Crippen LogP) is 2.69. The molecule has 2 nitrogen and oxygen atoms in total. The molecule has 0 aromatic carbocycles. The number of hydrogen-bond acceptors (Lipinski definition) is 2. The van der Waals surface area contributed by atoms with E-state index in [1.54, 1.807) is 0 Å². The summed E-state index contributed by atoms with van der Waals surface area (Å²) in [6, 6.07) is 0.671. The van der Waals surface area contributed by atoms with Crippen molar-refractivity contribution >= 4 is 5.71 Å². The summed E-state index contributed by atoms with van der Waals surface area (Å²) in [6.45, 7) is 2.36. The van der Waals surface area contributed by atoms with Crippen LogP contribution in [-0.4, -0.2) is 11.8 Å². The fraction of sp³-hybridized carbons (Fsp3) is 0.909. The molecule has 0 aromatic rings. The smallest absolute Gasteiger partial charge is 0.0440 e. The summed E-state index contributed by atoms with van der Waals surface area (Å²) in [5.41, 5.74) is 4.72. The Morgan fingerprint density at radius 2 is 1.85 bits per heavy atom. The molecule has 0 bridgehead atoms. The summed E-state index contributed by atoms with van der Waals surface area (Å²) in [4.78, 5) is 0. The Morgan fingerprint density at radius 1 is 1.15 bits per heavy atom. The van der Waals surface area contributed by atoms with E-state index in [1.807, 2.05) is 0 Å². The van der Waals surface area contributed by atoms with Gasteiger partial charge in [0, 0.05) is 11.8 Å². The molecule has 2 saturated carbocycles. The second-order valence-corrected chi connectivity index (χ2v) is 4.62. The summed E-state index contributed by atoms with van der Waals surface area (Å²) in [7, 11) is 0. The van der Waals surface area contributed by atoms with E-state index in [4.69, 9.17) is 0 Å². The maximum Gasteiger partial charge on any atom is 0.0440 e. The van der Waals surface area contributed by atoms with Crippen LogP contribution in [0, 0.1) is 5.92 Å². The molecule has 2 heteroatoms. The lowest BCUT2D eigenvalue weighted by Crippen LogP contribution is -2.30. The topological polar surface area (TPSA) is 24.4 Å². The fourth-order valence-corrected chi connectivity index (χ4v) is 2.02. The average Bonchev–Trinajstić information content (AvgIpc) is 2.05. The van der Waals surface area contributed by atoms with E-state index in [2.05, 4.69) is 17.5 Å². The minimum absolute atomic E-state index is 0.671. The van der Waals surface area contributed by atoms with Gasteiger partial charge in [-0.25, -0.2) is 0 Å². The van der Waals surface area contributed by atoms with Crippen LogP contribution in [0.1, 0.15) is 51.9 Å². The first-order chi connectivity index (χ1) is 6.34. The van der Waals surface area contributed by atoms with Crippen molar-refractivity contribution in [3.63, 3.8) is 0 Å². The van der Waals surface area contributed by atoms with Crippen LogP contribution in [0.2, 0.25) is 0 Å². The molecule has 0 atom stereocenters. The van der Waals surface area contributed by atoms with Crippen LogP contribution in [-0.2, 0) is 0 Å². The van der Waals surface area contributed by atoms with E-state index < -0.39 is 0 Å². The SMILES string of the molecule is CC1CCC(NN=C2CCC2)CC1. The Kier molecular flexibility index (Phi) is 2.87. The lowest BCUT2D eigenvalue weighted by atomic mass is 9.88. The highest BCUT2D eigenvalue weighted by Gasteiger charge is 2.18. The maximum absolute atomic E-state index is 4.44. The lowest BCUT2D eigenvalue weighted by Gasteiger charge is -2.26. The van der Waals surface area contributed by atoms with E-state index in [0.29, 0.717) is 6.04 Å². The zero-order valence-corrected chi connectivity index (χ0v) is 8.55. The standard InChI is InChI=1S/C11H20N2/c1-9-5-7-11(8-6-9)13-12-10-3-2-4-10/h9,11,13H,2-8H2,1H3. The Hall–Kier alpha value is -0.530. The quantitative estimate of drug-likeness (QED) is 0.649. The monoisotopic (exact) mass is 180 g/mol. The van der Waals surface area contributed by atoms with Gasteiger partial charge in [0.05, 0.1) is 0 Å². The third-order valence-corrected chi connectivity index (χ3v) is 3.35. The van der Waals surface area contributed by atoms with Crippen LogP contribution in [0.4, 0.5) is 0 Å². The van der Waals surface area contributed by atoms with Crippen LogP contribution in [0.15, 0.2) is 5.10 Å². The van der Waals surface area contributed by atoms with Crippen molar-refractivity contribution in [2.45, 2.75) is 57.9 Å². The molecule has 74 valence electrons. The van der Waals surface area contributed by atoms with Gasteiger partial charge < -0.3 is 5.43 Å². The van der Waals surface area contributed by atoms with E-state index in [0.717, 1.165) is 5.92 Å². The largest absolute Gasteiger partial charge is 0.307 e. The van der Waals surface area contributed by atoms with Gasteiger partial charge in [-0.15, -0.1) is 0 Å². The molecule has 2 aliphatic rings. The van der Waals surface area contributed by atoms with Gasteiger partial charge in [0.2, 0.25) is 0 Å². The first-order valence-corrected chi connectivity index (χ1v) is 5.65. The zero-order chi connectivity index (χ0) is 9.10. The highest BCUT2D eigenvalue weighted by Crippen LogP contribution is 2.23. The lowest BCUT2D eigenvalue weighted by molar-refractivity contribution is 0.310. The van der Waals surface area contributed by atoms with Crippen LogP contribution in [0.25, 0.3) is 0 Å². The molecule has 2 aliphatic carbocycles. The van der Waals surface area contributed by atoms with Crippen molar-refractivity contribution in [3.8, 4) is 0 Å². The van der Waals surface area contributed by atoms with Gasteiger partial charge in [-0.3, -0.25) is 0 Å². The summed E-state index contributed by atoms with van der Waals surface area (Å²) in [5, 5.41) is 4.44. The fourth-order valence-electron chi connectivity index (χ4n) is 2.02. The molecule has 0 heterocycles. The second kappa shape index (κ2) is 4.12. The average molecular weight is 180 g/mol. The van der Waals surface area contributed by atoms with Gasteiger partial charge >= 0.3 is 0 Å². The maximum atomic E-state index is 4.44. The van der Waals surface area contributed by atoms with E-state index >= 15 is 0 Å². The van der Waals surface area contributed by atoms with Gasteiger partial charge in [0.15, 0.2) is 0 Å². The number of nitrogens with one attached hydrogen (secondary N) is 1. The van der Waals surface area contributed by atoms with Gasteiger partial charge in [-0.1, -0.05) is 6.92 Å². The van der Waals surface area contributed by atoms with Crippen LogP contribution >= 0.6 is 0 Å². The summed E-state index contributed by atoms with van der Waals surface area (Å²) >= 11 is 0. The van der Waals surface area contributed by atoms with Crippen molar-refractivity contribution in [2.24, 2.45) is 11.0 Å². The van der Waals surface area contributed by atoms with Crippen molar-refractivity contribution in [3.05, 3.63) is 0 Å². The number of hydrogen-bond donors (Lipinski definition) is 1. The molecule has 0 saturated heterocycles. The Bertz CT molecular complexity index is 184.